The number of halogens is 1. The van der Waals surface area contributed by atoms with Gasteiger partial charge in [-0.15, -0.1) is 0 Å². The summed E-state index contributed by atoms with van der Waals surface area (Å²) in [7, 11) is -1.75. The molecule has 2 aromatic rings. The molecule has 0 fully saturated rings. The number of sulfonamides is 1. The molecule has 0 saturated heterocycles. The van der Waals surface area contributed by atoms with Gasteiger partial charge in [0.15, 0.2) is 0 Å². The molecule has 0 bridgehead atoms. The summed E-state index contributed by atoms with van der Waals surface area (Å²) in [6.45, 7) is 0.642. The Kier molecular flexibility index (Phi) is 8.83. The van der Waals surface area contributed by atoms with Crippen LogP contribution in [0, 0.1) is 0 Å². The molecule has 30 heavy (non-hydrogen) atoms. The van der Waals surface area contributed by atoms with Gasteiger partial charge >= 0.3 is 0 Å². The van der Waals surface area contributed by atoms with Crippen LogP contribution < -0.4 is 10.6 Å². The van der Waals surface area contributed by atoms with E-state index in [1.165, 1.54) is 11.4 Å². The molecule has 1 unspecified atom stereocenters. The Morgan fingerprint density at radius 1 is 1.07 bits per heavy atom. The average molecular weight is 452 g/mol. The van der Waals surface area contributed by atoms with Gasteiger partial charge in [0, 0.05) is 20.1 Å². The van der Waals surface area contributed by atoms with Crippen LogP contribution in [0.1, 0.15) is 34.8 Å². The molecule has 0 spiro atoms. The normalized spacial score (nSPS) is 12.4. The first-order valence-corrected chi connectivity index (χ1v) is 11.7. The summed E-state index contributed by atoms with van der Waals surface area (Å²) in [4.78, 5) is 25.1. The third-order valence-corrected chi connectivity index (χ3v) is 6.20. The molecule has 0 saturated carbocycles. The van der Waals surface area contributed by atoms with E-state index in [9.17, 15) is 18.0 Å². The monoisotopic (exact) mass is 451 g/mol. The second-order valence-corrected chi connectivity index (χ2v) is 9.41. The van der Waals surface area contributed by atoms with Gasteiger partial charge in [0.05, 0.1) is 29.3 Å². The Hall–Kier alpha value is -2.42. The molecule has 0 heterocycles. The minimum absolute atomic E-state index is 0.0438. The van der Waals surface area contributed by atoms with Gasteiger partial charge in [-0.25, -0.2) is 12.7 Å². The van der Waals surface area contributed by atoms with Gasteiger partial charge in [-0.3, -0.25) is 9.59 Å². The fraction of sp³-hybridized carbons (Fsp3) is 0.333. The predicted octanol–water partition coefficient (Wildman–Crippen LogP) is 2.60. The number of nitrogens with one attached hydrogen (secondary N) is 2. The molecule has 9 heteroatoms. The quantitative estimate of drug-likeness (QED) is 0.543. The van der Waals surface area contributed by atoms with Crippen LogP contribution in [0.3, 0.4) is 0 Å². The van der Waals surface area contributed by atoms with Crippen LogP contribution in [0.15, 0.2) is 54.6 Å². The van der Waals surface area contributed by atoms with Crippen LogP contribution >= 0.6 is 11.6 Å². The number of hydrogen-bond donors (Lipinski definition) is 2. The Bertz CT molecular complexity index is 967. The van der Waals surface area contributed by atoms with Crippen molar-refractivity contribution >= 4 is 33.4 Å². The third-order valence-electron chi connectivity index (χ3n) is 4.55. The van der Waals surface area contributed by atoms with Crippen LogP contribution in [0.25, 0.3) is 0 Å². The number of nitrogens with zero attached hydrogens (tertiary/aromatic N) is 1. The van der Waals surface area contributed by atoms with Crippen molar-refractivity contribution in [2.45, 2.75) is 18.9 Å². The number of carbonyl (C=O) groups is 2. The summed E-state index contributed by atoms with van der Waals surface area (Å²) in [6.07, 6.45) is 1.66. The van der Waals surface area contributed by atoms with E-state index in [1.54, 1.807) is 24.3 Å². The van der Waals surface area contributed by atoms with Crippen molar-refractivity contribution < 1.29 is 18.0 Å². The number of benzene rings is 2. The zero-order valence-corrected chi connectivity index (χ0v) is 18.5. The first-order valence-electron chi connectivity index (χ1n) is 9.47. The van der Waals surface area contributed by atoms with Gasteiger partial charge in [-0.2, -0.15) is 0 Å². The van der Waals surface area contributed by atoms with Crippen LogP contribution in [-0.4, -0.2) is 50.9 Å². The van der Waals surface area contributed by atoms with Gasteiger partial charge in [0.1, 0.15) is 0 Å². The molecule has 0 aliphatic heterocycles. The lowest BCUT2D eigenvalue weighted by Gasteiger charge is -2.20. The smallest absolute Gasteiger partial charge is 0.253 e. The highest BCUT2D eigenvalue weighted by Crippen LogP contribution is 2.20. The van der Waals surface area contributed by atoms with Crippen LogP contribution in [0.2, 0.25) is 5.02 Å². The lowest BCUT2D eigenvalue weighted by molar-refractivity contribution is -0.121. The van der Waals surface area contributed by atoms with Gasteiger partial charge in [0.25, 0.3) is 5.91 Å². The van der Waals surface area contributed by atoms with Gasteiger partial charge in [0.2, 0.25) is 15.9 Å². The number of hydrogen-bond acceptors (Lipinski definition) is 4. The van der Waals surface area contributed by atoms with E-state index in [2.05, 4.69) is 10.6 Å². The Morgan fingerprint density at radius 2 is 1.70 bits per heavy atom. The topological polar surface area (TPSA) is 95.6 Å². The van der Waals surface area contributed by atoms with Crippen molar-refractivity contribution in [3.63, 3.8) is 0 Å². The van der Waals surface area contributed by atoms with E-state index in [0.29, 0.717) is 30.1 Å². The molecule has 2 amide bonds. The van der Waals surface area contributed by atoms with Crippen molar-refractivity contribution in [2.75, 3.05) is 26.4 Å². The molecule has 7 nitrogen and oxygen atoms in total. The minimum atomic E-state index is -3.24. The average Bonchev–Trinajstić information content (AvgIpc) is 2.70. The summed E-state index contributed by atoms with van der Waals surface area (Å²) in [6, 6.07) is 15.4. The fourth-order valence-electron chi connectivity index (χ4n) is 2.77. The lowest BCUT2D eigenvalue weighted by Crippen LogP contribution is -2.35. The SMILES string of the molecule is CN(CCCNC(=O)CC(NC(=O)c1ccccc1Cl)c1ccccc1)S(C)(=O)=O. The van der Waals surface area contributed by atoms with E-state index >= 15 is 0 Å². The Morgan fingerprint density at radius 3 is 2.33 bits per heavy atom. The molecular formula is C21H26ClN3O4S. The van der Waals surface area contributed by atoms with Crippen LogP contribution in [-0.2, 0) is 14.8 Å². The maximum atomic E-state index is 12.7. The molecule has 0 aliphatic rings. The lowest BCUT2D eigenvalue weighted by atomic mass is 10.0. The van der Waals surface area contributed by atoms with Gasteiger partial charge in [-0.05, 0) is 24.1 Å². The summed E-state index contributed by atoms with van der Waals surface area (Å²) in [5, 5.41) is 5.99. The maximum absolute atomic E-state index is 12.7. The molecule has 1 atom stereocenters. The van der Waals surface area contributed by atoms with E-state index in [1.807, 2.05) is 30.3 Å². The third kappa shape index (κ3) is 7.44. The Labute approximate surface area is 182 Å². The minimum Gasteiger partial charge on any atom is -0.356 e. The molecule has 2 aromatic carbocycles. The highest BCUT2D eigenvalue weighted by Gasteiger charge is 2.20. The first-order chi connectivity index (χ1) is 14.2. The Balaban J connectivity index is 1.98. The van der Waals surface area contributed by atoms with Crippen molar-refractivity contribution in [3.05, 3.63) is 70.7 Å². The summed E-state index contributed by atoms with van der Waals surface area (Å²) in [5.41, 5.74) is 1.13. The molecule has 2 rings (SSSR count). The summed E-state index contributed by atoms with van der Waals surface area (Å²) >= 11 is 6.11. The standard InChI is InChI=1S/C21H26ClN3O4S/c1-25(30(2,28)29)14-8-13-23-20(26)15-19(16-9-4-3-5-10-16)24-21(27)17-11-6-7-12-18(17)22/h3-7,9-12,19H,8,13-15H2,1-2H3,(H,23,26)(H,24,27). The molecule has 2 N–H and O–H groups in total. The van der Waals surface area contributed by atoms with Crippen molar-refractivity contribution in [2.24, 2.45) is 0 Å². The highest BCUT2D eigenvalue weighted by molar-refractivity contribution is 7.88. The molecule has 0 radical (unpaired) electrons. The van der Waals surface area contributed by atoms with Crippen molar-refractivity contribution in [1.29, 1.82) is 0 Å². The fourth-order valence-corrected chi connectivity index (χ4v) is 3.45. The van der Waals surface area contributed by atoms with Gasteiger partial charge in [-0.1, -0.05) is 54.1 Å². The van der Waals surface area contributed by atoms with E-state index in [4.69, 9.17) is 11.6 Å². The van der Waals surface area contributed by atoms with Crippen LogP contribution in [0.5, 0.6) is 0 Å². The zero-order chi connectivity index (χ0) is 22.1. The summed E-state index contributed by atoms with van der Waals surface area (Å²) < 4.78 is 24.0. The van der Waals surface area contributed by atoms with E-state index in [0.717, 1.165) is 11.8 Å². The summed E-state index contributed by atoms with van der Waals surface area (Å²) in [5.74, 6) is -0.609. The number of carbonyl (C=O) groups excluding carboxylic acids is 2. The number of rotatable bonds is 10. The maximum Gasteiger partial charge on any atom is 0.253 e. The molecule has 0 aromatic heterocycles. The van der Waals surface area contributed by atoms with Crippen molar-refractivity contribution in [1.82, 2.24) is 14.9 Å². The van der Waals surface area contributed by atoms with E-state index in [-0.39, 0.29) is 18.2 Å². The van der Waals surface area contributed by atoms with Gasteiger partial charge < -0.3 is 10.6 Å². The molecule has 162 valence electrons. The van der Waals surface area contributed by atoms with E-state index < -0.39 is 16.1 Å². The largest absolute Gasteiger partial charge is 0.356 e. The number of amides is 2. The van der Waals surface area contributed by atoms with Crippen LogP contribution in [0.4, 0.5) is 0 Å². The predicted molar refractivity (Wildman–Crippen MR) is 118 cm³/mol. The van der Waals surface area contributed by atoms with Crippen molar-refractivity contribution in [3.8, 4) is 0 Å². The molecular weight excluding hydrogens is 426 g/mol. The second kappa shape index (κ2) is 11.1. The zero-order valence-electron chi connectivity index (χ0n) is 17.0. The first kappa shape index (κ1) is 23.9. The second-order valence-electron chi connectivity index (χ2n) is 6.91. The molecule has 0 aliphatic carbocycles. The highest BCUT2D eigenvalue weighted by atomic mass is 35.5.